The Morgan fingerprint density at radius 3 is 2.90 bits per heavy atom. The van der Waals surface area contributed by atoms with E-state index in [-0.39, 0.29) is 11.8 Å². The number of amides is 1. The minimum absolute atomic E-state index is 0.0725. The number of nitrogens with one attached hydrogen (secondary N) is 1. The summed E-state index contributed by atoms with van der Waals surface area (Å²) in [5, 5.41) is 12.2. The van der Waals surface area contributed by atoms with Crippen molar-refractivity contribution in [1.29, 1.82) is 0 Å². The molecule has 1 aliphatic rings. The highest BCUT2D eigenvalue weighted by Crippen LogP contribution is 2.35. The SMILES string of the molecule is Cn1cnnc1Sc1ccc(Cl)cc1NC(=O)C1CCC1. The molecule has 1 aromatic heterocycles. The van der Waals surface area contributed by atoms with Crippen molar-refractivity contribution in [3.05, 3.63) is 29.5 Å². The summed E-state index contributed by atoms with van der Waals surface area (Å²) in [6, 6.07) is 5.47. The normalized spacial score (nSPS) is 14.8. The van der Waals surface area contributed by atoms with Gasteiger partial charge in [-0.05, 0) is 42.8 Å². The van der Waals surface area contributed by atoms with Crippen molar-refractivity contribution < 1.29 is 4.79 Å². The zero-order valence-corrected chi connectivity index (χ0v) is 13.1. The third kappa shape index (κ3) is 3.22. The maximum absolute atomic E-state index is 12.1. The Balaban J connectivity index is 1.82. The van der Waals surface area contributed by atoms with Crippen LogP contribution < -0.4 is 5.32 Å². The summed E-state index contributed by atoms with van der Waals surface area (Å²) < 4.78 is 1.83. The van der Waals surface area contributed by atoms with Crippen LogP contribution in [0.5, 0.6) is 0 Å². The van der Waals surface area contributed by atoms with Crippen molar-refractivity contribution >= 4 is 35.0 Å². The number of anilines is 1. The predicted octanol–water partition coefficient (Wildman–Crippen LogP) is 3.36. The fourth-order valence-corrected chi connectivity index (χ4v) is 3.06. The summed E-state index contributed by atoms with van der Waals surface area (Å²) in [5.41, 5.74) is 0.729. The zero-order valence-electron chi connectivity index (χ0n) is 11.5. The van der Waals surface area contributed by atoms with Crippen LogP contribution in [-0.2, 0) is 11.8 Å². The van der Waals surface area contributed by atoms with E-state index in [4.69, 9.17) is 11.6 Å². The highest BCUT2D eigenvalue weighted by atomic mass is 35.5. The van der Waals surface area contributed by atoms with E-state index in [1.54, 1.807) is 18.5 Å². The number of carbonyl (C=O) groups is 1. The minimum Gasteiger partial charge on any atom is -0.325 e. The minimum atomic E-state index is 0.0725. The fraction of sp³-hybridized carbons (Fsp3) is 0.357. The molecule has 3 rings (SSSR count). The van der Waals surface area contributed by atoms with Crippen LogP contribution in [0, 0.1) is 5.92 Å². The number of nitrogens with zero attached hydrogens (tertiary/aromatic N) is 3. The molecule has 7 heteroatoms. The Kier molecular flexibility index (Phi) is 4.17. The predicted molar refractivity (Wildman–Crippen MR) is 82.5 cm³/mol. The highest BCUT2D eigenvalue weighted by Gasteiger charge is 2.25. The summed E-state index contributed by atoms with van der Waals surface area (Å²) in [6.45, 7) is 0. The standard InChI is InChI=1S/C14H15ClN4OS/c1-19-8-16-18-14(19)21-12-6-5-10(15)7-11(12)17-13(20)9-3-2-4-9/h5-9H,2-4H2,1H3,(H,17,20). The molecule has 1 N–H and O–H groups in total. The van der Waals surface area contributed by atoms with Crippen molar-refractivity contribution in [3.63, 3.8) is 0 Å². The Labute approximate surface area is 132 Å². The van der Waals surface area contributed by atoms with Gasteiger partial charge in [-0.3, -0.25) is 4.79 Å². The van der Waals surface area contributed by atoms with Gasteiger partial charge in [-0.25, -0.2) is 0 Å². The lowest BCUT2D eigenvalue weighted by Gasteiger charge is -2.24. The second-order valence-corrected chi connectivity index (χ2v) is 6.53. The Morgan fingerprint density at radius 1 is 1.48 bits per heavy atom. The quantitative estimate of drug-likeness (QED) is 0.937. The van der Waals surface area contributed by atoms with Crippen molar-refractivity contribution in [1.82, 2.24) is 14.8 Å². The van der Waals surface area contributed by atoms with Gasteiger partial charge in [-0.2, -0.15) is 0 Å². The second-order valence-electron chi connectivity index (χ2n) is 5.08. The molecule has 21 heavy (non-hydrogen) atoms. The summed E-state index contributed by atoms with van der Waals surface area (Å²) >= 11 is 7.50. The van der Waals surface area contributed by atoms with Gasteiger partial charge in [-0.1, -0.05) is 18.0 Å². The van der Waals surface area contributed by atoms with E-state index in [1.165, 1.54) is 11.8 Å². The molecule has 1 amide bonds. The van der Waals surface area contributed by atoms with Gasteiger partial charge in [0, 0.05) is 22.9 Å². The van der Waals surface area contributed by atoms with E-state index in [9.17, 15) is 4.79 Å². The second kappa shape index (κ2) is 6.07. The van der Waals surface area contributed by atoms with Crippen molar-refractivity contribution in [2.45, 2.75) is 29.3 Å². The maximum Gasteiger partial charge on any atom is 0.227 e. The van der Waals surface area contributed by atoms with Gasteiger partial charge in [0.2, 0.25) is 5.91 Å². The van der Waals surface area contributed by atoms with Crippen LogP contribution in [0.15, 0.2) is 34.6 Å². The van der Waals surface area contributed by atoms with Crippen LogP contribution in [0.1, 0.15) is 19.3 Å². The molecule has 0 aliphatic heterocycles. The monoisotopic (exact) mass is 322 g/mol. The number of carbonyl (C=O) groups excluding carboxylic acids is 1. The summed E-state index contributed by atoms with van der Waals surface area (Å²) in [4.78, 5) is 13.0. The number of rotatable bonds is 4. The Morgan fingerprint density at radius 2 is 2.29 bits per heavy atom. The van der Waals surface area contributed by atoms with Gasteiger partial charge in [0.25, 0.3) is 0 Å². The molecule has 1 saturated carbocycles. The van der Waals surface area contributed by atoms with Gasteiger partial charge >= 0.3 is 0 Å². The van der Waals surface area contributed by atoms with Crippen LogP contribution in [0.2, 0.25) is 5.02 Å². The van der Waals surface area contributed by atoms with E-state index in [1.807, 2.05) is 17.7 Å². The number of aromatic nitrogens is 3. The molecule has 1 aromatic carbocycles. The first-order valence-electron chi connectivity index (χ1n) is 6.76. The fourth-order valence-electron chi connectivity index (χ4n) is 2.06. The van der Waals surface area contributed by atoms with Crippen molar-refractivity contribution in [3.8, 4) is 0 Å². The zero-order chi connectivity index (χ0) is 14.8. The lowest BCUT2D eigenvalue weighted by molar-refractivity contribution is -0.122. The van der Waals surface area contributed by atoms with Crippen LogP contribution in [-0.4, -0.2) is 20.7 Å². The molecule has 0 atom stereocenters. The van der Waals surface area contributed by atoms with E-state index in [0.717, 1.165) is 35.0 Å². The number of benzene rings is 1. The van der Waals surface area contributed by atoms with Gasteiger partial charge in [0.1, 0.15) is 6.33 Å². The first-order chi connectivity index (χ1) is 10.1. The average molecular weight is 323 g/mol. The van der Waals surface area contributed by atoms with E-state index in [2.05, 4.69) is 15.5 Å². The molecular weight excluding hydrogens is 308 g/mol. The smallest absolute Gasteiger partial charge is 0.227 e. The molecule has 2 aromatic rings. The number of aryl methyl sites for hydroxylation is 1. The first kappa shape index (κ1) is 14.4. The van der Waals surface area contributed by atoms with E-state index in [0.29, 0.717) is 5.02 Å². The largest absolute Gasteiger partial charge is 0.325 e. The molecule has 0 radical (unpaired) electrons. The maximum atomic E-state index is 12.1. The van der Waals surface area contributed by atoms with Gasteiger partial charge in [0.15, 0.2) is 5.16 Å². The molecular formula is C14H15ClN4OS. The van der Waals surface area contributed by atoms with E-state index < -0.39 is 0 Å². The Hall–Kier alpha value is -1.53. The van der Waals surface area contributed by atoms with Crippen LogP contribution in [0.4, 0.5) is 5.69 Å². The van der Waals surface area contributed by atoms with E-state index >= 15 is 0 Å². The molecule has 0 bridgehead atoms. The lowest BCUT2D eigenvalue weighted by atomic mass is 9.85. The molecule has 1 aliphatic carbocycles. The summed E-state index contributed by atoms with van der Waals surface area (Å²) in [6.07, 6.45) is 4.72. The van der Waals surface area contributed by atoms with Crippen LogP contribution in [0.25, 0.3) is 0 Å². The number of hydrogen-bond donors (Lipinski definition) is 1. The molecule has 5 nitrogen and oxygen atoms in total. The van der Waals surface area contributed by atoms with Crippen molar-refractivity contribution in [2.75, 3.05) is 5.32 Å². The summed E-state index contributed by atoms with van der Waals surface area (Å²) in [7, 11) is 1.88. The lowest BCUT2D eigenvalue weighted by Crippen LogP contribution is -2.28. The van der Waals surface area contributed by atoms with Crippen LogP contribution >= 0.6 is 23.4 Å². The van der Waals surface area contributed by atoms with Gasteiger partial charge < -0.3 is 9.88 Å². The number of halogens is 1. The topological polar surface area (TPSA) is 59.8 Å². The molecule has 1 heterocycles. The Bertz CT molecular complexity index is 669. The van der Waals surface area contributed by atoms with Gasteiger partial charge in [0.05, 0.1) is 5.69 Å². The summed E-state index contributed by atoms with van der Waals surface area (Å²) in [5.74, 6) is 0.208. The first-order valence-corrected chi connectivity index (χ1v) is 7.95. The number of hydrogen-bond acceptors (Lipinski definition) is 4. The molecule has 1 fully saturated rings. The third-order valence-electron chi connectivity index (χ3n) is 3.55. The molecule has 0 spiro atoms. The van der Waals surface area contributed by atoms with Crippen molar-refractivity contribution in [2.24, 2.45) is 13.0 Å². The third-order valence-corrected chi connectivity index (χ3v) is 4.91. The van der Waals surface area contributed by atoms with Crippen LogP contribution in [0.3, 0.4) is 0 Å². The molecule has 0 saturated heterocycles. The average Bonchev–Trinajstić information content (AvgIpc) is 2.76. The molecule has 110 valence electrons. The molecule has 0 unspecified atom stereocenters. The van der Waals surface area contributed by atoms with Gasteiger partial charge in [-0.15, -0.1) is 10.2 Å². The highest BCUT2D eigenvalue weighted by molar-refractivity contribution is 7.99.